The number of ether oxygens (including phenoxy) is 1. The van der Waals surface area contributed by atoms with Crippen molar-refractivity contribution < 1.29 is 19.4 Å². The summed E-state index contributed by atoms with van der Waals surface area (Å²) in [5.41, 5.74) is 0. The van der Waals surface area contributed by atoms with Crippen molar-refractivity contribution in [3.63, 3.8) is 0 Å². The Bertz CT molecular complexity index is 304. The van der Waals surface area contributed by atoms with Crippen LogP contribution in [0.3, 0.4) is 0 Å². The van der Waals surface area contributed by atoms with Crippen LogP contribution >= 0.6 is 0 Å². The lowest BCUT2D eigenvalue weighted by molar-refractivity contribution is -0.137. The van der Waals surface area contributed by atoms with E-state index >= 15 is 0 Å². The first-order valence-electron chi connectivity index (χ1n) is 7.49. The Morgan fingerprint density at radius 3 is 2.55 bits per heavy atom. The molecule has 3 N–H and O–H groups in total. The Morgan fingerprint density at radius 2 is 1.90 bits per heavy atom. The van der Waals surface area contributed by atoms with Gasteiger partial charge in [0.1, 0.15) is 0 Å². The topological polar surface area (TPSA) is 87.7 Å². The number of carbonyl (C=O) groups excluding carboxylic acids is 1. The van der Waals surface area contributed by atoms with Crippen LogP contribution in [0, 0.1) is 0 Å². The van der Waals surface area contributed by atoms with Crippen LogP contribution < -0.4 is 10.6 Å². The highest BCUT2D eigenvalue weighted by Crippen LogP contribution is 2.22. The van der Waals surface area contributed by atoms with Crippen molar-refractivity contribution in [1.29, 1.82) is 0 Å². The summed E-state index contributed by atoms with van der Waals surface area (Å²) in [6.45, 7) is 3.34. The largest absolute Gasteiger partial charge is 0.481 e. The van der Waals surface area contributed by atoms with Crippen LogP contribution in [0.5, 0.6) is 0 Å². The normalized spacial score (nSPS) is 21.1. The van der Waals surface area contributed by atoms with Crippen molar-refractivity contribution in [3.8, 4) is 0 Å². The molecule has 0 aromatic rings. The summed E-state index contributed by atoms with van der Waals surface area (Å²) in [6, 6.07) is 0.123. The molecule has 1 rings (SSSR count). The van der Waals surface area contributed by atoms with Crippen molar-refractivity contribution in [1.82, 2.24) is 10.6 Å². The van der Waals surface area contributed by atoms with Gasteiger partial charge in [-0.05, 0) is 32.6 Å². The van der Waals surface area contributed by atoms with Gasteiger partial charge in [-0.2, -0.15) is 0 Å². The quantitative estimate of drug-likeness (QED) is 0.535. The van der Waals surface area contributed by atoms with E-state index in [0.29, 0.717) is 19.1 Å². The summed E-state index contributed by atoms with van der Waals surface area (Å²) < 4.78 is 5.43. The minimum Gasteiger partial charge on any atom is -0.481 e. The fourth-order valence-electron chi connectivity index (χ4n) is 2.25. The molecule has 20 heavy (non-hydrogen) atoms. The van der Waals surface area contributed by atoms with E-state index < -0.39 is 5.97 Å². The van der Waals surface area contributed by atoms with E-state index in [2.05, 4.69) is 10.6 Å². The number of amides is 2. The predicted octanol–water partition coefficient (Wildman–Crippen LogP) is 1.89. The molecule has 6 heteroatoms. The SMILES string of the molecule is CCOC1CC(NC(=O)NCCCCCCC(=O)O)C1. The maximum Gasteiger partial charge on any atom is 0.315 e. The number of rotatable bonds is 10. The Morgan fingerprint density at radius 1 is 1.20 bits per heavy atom. The maximum absolute atomic E-state index is 11.5. The molecule has 0 aliphatic heterocycles. The summed E-state index contributed by atoms with van der Waals surface area (Å²) in [7, 11) is 0. The van der Waals surface area contributed by atoms with Gasteiger partial charge in [-0.25, -0.2) is 4.79 Å². The van der Waals surface area contributed by atoms with Gasteiger partial charge in [-0.15, -0.1) is 0 Å². The van der Waals surface area contributed by atoms with Crippen LogP contribution in [-0.2, 0) is 9.53 Å². The average Bonchev–Trinajstić information content (AvgIpc) is 2.35. The second-order valence-electron chi connectivity index (χ2n) is 5.20. The third kappa shape index (κ3) is 7.33. The van der Waals surface area contributed by atoms with Crippen LogP contribution in [0.15, 0.2) is 0 Å². The molecule has 0 unspecified atom stereocenters. The zero-order valence-electron chi connectivity index (χ0n) is 12.2. The third-order valence-corrected chi connectivity index (χ3v) is 3.44. The first-order valence-corrected chi connectivity index (χ1v) is 7.49. The molecular weight excluding hydrogens is 260 g/mol. The van der Waals surface area contributed by atoms with Gasteiger partial charge in [0.2, 0.25) is 0 Å². The molecule has 0 radical (unpaired) electrons. The minimum atomic E-state index is -0.742. The average molecular weight is 286 g/mol. The van der Waals surface area contributed by atoms with Crippen molar-refractivity contribution in [2.24, 2.45) is 0 Å². The van der Waals surface area contributed by atoms with Crippen molar-refractivity contribution >= 4 is 12.0 Å². The van der Waals surface area contributed by atoms with Crippen LogP contribution in [0.1, 0.15) is 51.9 Å². The molecule has 6 nitrogen and oxygen atoms in total. The van der Waals surface area contributed by atoms with Gasteiger partial charge in [0.15, 0.2) is 0 Å². The molecule has 116 valence electrons. The fourth-order valence-corrected chi connectivity index (χ4v) is 2.25. The number of nitrogens with one attached hydrogen (secondary N) is 2. The number of urea groups is 1. The molecule has 0 spiro atoms. The summed E-state index contributed by atoms with van der Waals surface area (Å²) in [5, 5.41) is 14.2. The lowest BCUT2D eigenvalue weighted by Crippen LogP contribution is -2.51. The first kappa shape index (κ1) is 16.8. The van der Waals surface area contributed by atoms with Gasteiger partial charge in [-0.1, -0.05) is 12.8 Å². The summed E-state index contributed by atoms with van der Waals surface area (Å²) >= 11 is 0. The molecule has 1 fully saturated rings. The van der Waals surface area contributed by atoms with Gasteiger partial charge in [-0.3, -0.25) is 4.79 Å². The molecule has 1 aliphatic rings. The second-order valence-corrected chi connectivity index (χ2v) is 5.20. The number of unbranched alkanes of at least 4 members (excludes halogenated alkanes) is 3. The number of carboxylic acids is 1. The monoisotopic (exact) mass is 286 g/mol. The van der Waals surface area contributed by atoms with Crippen molar-refractivity contribution in [2.75, 3.05) is 13.2 Å². The molecule has 0 saturated heterocycles. The van der Waals surface area contributed by atoms with Gasteiger partial charge >= 0.3 is 12.0 Å². The molecule has 0 aromatic carbocycles. The van der Waals surface area contributed by atoms with Crippen LogP contribution in [0.4, 0.5) is 4.79 Å². The number of hydrogen-bond donors (Lipinski definition) is 3. The number of carbonyl (C=O) groups is 2. The smallest absolute Gasteiger partial charge is 0.315 e. The molecule has 0 heterocycles. The highest BCUT2D eigenvalue weighted by atomic mass is 16.5. The molecule has 1 saturated carbocycles. The van der Waals surface area contributed by atoms with Crippen molar-refractivity contribution in [2.45, 2.75) is 64.0 Å². The Balaban J connectivity index is 1.87. The molecule has 2 amide bonds. The zero-order valence-corrected chi connectivity index (χ0v) is 12.2. The van der Waals surface area contributed by atoms with Crippen LogP contribution in [0.25, 0.3) is 0 Å². The van der Waals surface area contributed by atoms with E-state index in [1.54, 1.807) is 0 Å². The van der Waals surface area contributed by atoms with E-state index in [1.807, 2.05) is 6.92 Å². The number of aliphatic carboxylic acids is 1. The Kier molecular flexibility index (Phi) is 8.02. The molecule has 1 aliphatic carbocycles. The standard InChI is InChI=1S/C14H26N2O4/c1-2-20-12-9-11(10-12)16-14(19)15-8-6-4-3-5-7-13(17)18/h11-12H,2-10H2,1H3,(H,17,18)(H2,15,16,19). The highest BCUT2D eigenvalue weighted by Gasteiger charge is 2.30. The molecule has 0 atom stereocenters. The number of hydrogen-bond acceptors (Lipinski definition) is 3. The minimum absolute atomic E-state index is 0.115. The maximum atomic E-state index is 11.5. The van der Waals surface area contributed by atoms with Crippen LogP contribution in [0.2, 0.25) is 0 Å². The summed E-state index contributed by atoms with van der Waals surface area (Å²) in [5.74, 6) is -0.742. The summed E-state index contributed by atoms with van der Waals surface area (Å²) in [4.78, 5) is 21.9. The van der Waals surface area contributed by atoms with Gasteiger partial charge in [0, 0.05) is 25.6 Å². The van der Waals surface area contributed by atoms with E-state index in [1.165, 1.54) is 0 Å². The Labute approximate surface area is 120 Å². The van der Waals surface area contributed by atoms with Gasteiger partial charge in [0.25, 0.3) is 0 Å². The molecule has 0 bridgehead atoms. The van der Waals surface area contributed by atoms with E-state index in [4.69, 9.17) is 9.84 Å². The van der Waals surface area contributed by atoms with E-state index in [0.717, 1.165) is 38.7 Å². The van der Waals surface area contributed by atoms with E-state index in [9.17, 15) is 9.59 Å². The van der Waals surface area contributed by atoms with Gasteiger partial charge < -0.3 is 20.5 Å². The fraction of sp³-hybridized carbons (Fsp3) is 0.857. The summed E-state index contributed by atoms with van der Waals surface area (Å²) in [6.07, 6.45) is 5.78. The highest BCUT2D eigenvalue weighted by molar-refractivity contribution is 5.74. The molecular formula is C14H26N2O4. The first-order chi connectivity index (χ1) is 9.61. The zero-order chi connectivity index (χ0) is 14.8. The van der Waals surface area contributed by atoms with E-state index in [-0.39, 0.29) is 18.5 Å². The Hall–Kier alpha value is -1.30. The third-order valence-electron chi connectivity index (χ3n) is 3.44. The number of carboxylic acid groups (broad SMARTS) is 1. The van der Waals surface area contributed by atoms with Gasteiger partial charge in [0.05, 0.1) is 6.10 Å². The predicted molar refractivity (Wildman–Crippen MR) is 75.7 cm³/mol. The van der Waals surface area contributed by atoms with Crippen LogP contribution in [-0.4, -0.2) is 42.4 Å². The second kappa shape index (κ2) is 9.58. The lowest BCUT2D eigenvalue weighted by atomic mass is 9.89. The molecule has 0 aromatic heterocycles. The van der Waals surface area contributed by atoms with Crippen molar-refractivity contribution in [3.05, 3.63) is 0 Å². The lowest BCUT2D eigenvalue weighted by Gasteiger charge is -2.35.